The van der Waals surface area contributed by atoms with Crippen molar-refractivity contribution >= 4 is 32.9 Å². The molecule has 4 nitrogen and oxygen atoms in total. The Morgan fingerprint density at radius 3 is 2.48 bits per heavy atom. The summed E-state index contributed by atoms with van der Waals surface area (Å²) in [6.07, 6.45) is 0. The third-order valence-corrected chi connectivity index (χ3v) is 5.01. The minimum atomic E-state index is -0.826. The van der Waals surface area contributed by atoms with Gasteiger partial charge in [-0.1, -0.05) is 40.2 Å². The van der Waals surface area contributed by atoms with Gasteiger partial charge in [0.15, 0.2) is 0 Å². The van der Waals surface area contributed by atoms with Crippen LogP contribution in [0.2, 0.25) is 0 Å². The summed E-state index contributed by atoms with van der Waals surface area (Å²) in [5.41, 5.74) is 1.15. The van der Waals surface area contributed by atoms with Crippen LogP contribution in [0.5, 0.6) is 5.75 Å². The average Bonchev–Trinajstić information content (AvgIpc) is 2.69. The quantitative estimate of drug-likeness (QED) is 0.287. The van der Waals surface area contributed by atoms with Crippen molar-refractivity contribution in [2.45, 2.75) is 6.92 Å². The molecule has 3 aromatic carbocycles. The smallest absolute Gasteiger partial charge is 0.346 e. The Morgan fingerprint density at radius 2 is 1.76 bits per heavy atom. The highest BCUT2D eigenvalue weighted by atomic mass is 79.9. The van der Waals surface area contributed by atoms with Gasteiger partial charge < -0.3 is 9.15 Å². The highest BCUT2D eigenvalue weighted by molar-refractivity contribution is 9.10. The number of carbonyl (C=O) groups is 1. The number of rotatable bonds is 3. The van der Waals surface area contributed by atoms with E-state index in [1.807, 2.05) is 24.3 Å². The molecular formula is C23H14BrFO4. The van der Waals surface area contributed by atoms with E-state index in [-0.39, 0.29) is 22.3 Å². The summed E-state index contributed by atoms with van der Waals surface area (Å²) >= 11 is 3.38. The molecule has 1 aromatic heterocycles. The largest absolute Gasteiger partial charge is 0.460 e. The van der Waals surface area contributed by atoms with E-state index in [0.29, 0.717) is 16.7 Å². The molecule has 0 unspecified atom stereocenters. The van der Waals surface area contributed by atoms with Crippen LogP contribution >= 0.6 is 15.9 Å². The summed E-state index contributed by atoms with van der Waals surface area (Å²) in [6.45, 7) is 1.70. The van der Waals surface area contributed by atoms with Crippen LogP contribution in [-0.2, 0) is 0 Å². The van der Waals surface area contributed by atoms with Crippen LogP contribution in [0.15, 0.2) is 80.4 Å². The van der Waals surface area contributed by atoms with Gasteiger partial charge in [-0.25, -0.2) is 9.18 Å². The third kappa shape index (κ3) is 3.71. The molecule has 0 atom stereocenters. The molecule has 4 rings (SSSR count). The van der Waals surface area contributed by atoms with Crippen molar-refractivity contribution in [3.63, 3.8) is 0 Å². The van der Waals surface area contributed by atoms with Crippen LogP contribution in [0.25, 0.3) is 22.1 Å². The summed E-state index contributed by atoms with van der Waals surface area (Å²) in [5.74, 6) is -0.889. The van der Waals surface area contributed by atoms with Crippen molar-refractivity contribution in [1.29, 1.82) is 0 Å². The lowest BCUT2D eigenvalue weighted by Gasteiger charge is -2.09. The van der Waals surface area contributed by atoms with Gasteiger partial charge in [0.25, 0.3) is 0 Å². The van der Waals surface area contributed by atoms with Gasteiger partial charge in [-0.2, -0.15) is 0 Å². The Balaban J connectivity index is 1.73. The highest BCUT2D eigenvalue weighted by Gasteiger charge is 2.17. The minimum absolute atomic E-state index is 0.157. The summed E-state index contributed by atoms with van der Waals surface area (Å²) in [6, 6.07) is 17.4. The first-order valence-electron chi connectivity index (χ1n) is 8.74. The minimum Gasteiger partial charge on any atom is -0.460 e. The molecule has 0 aliphatic carbocycles. The van der Waals surface area contributed by atoms with E-state index < -0.39 is 11.8 Å². The van der Waals surface area contributed by atoms with E-state index in [0.717, 1.165) is 10.0 Å². The zero-order chi connectivity index (χ0) is 20.5. The van der Waals surface area contributed by atoms with Crippen molar-refractivity contribution in [3.05, 3.63) is 98.6 Å². The van der Waals surface area contributed by atoms with E-state index >= 15 is 0 Å². The second-order valence-electron chi connectivity index (χ2n) is 6.40. The predicted octanol–water partition coefficient (Wildman–Crippen LogP) is 5.89. The van der Waals surface area contributed by atoms with Gasteiger partial charge >= 0.3 is 5.97 Å². The highest BCUT2D eigenvalue weighted by Crippen LogP contribution is 2.27. The molecule has 0 aliphatic rings. The molecule has 144 valence electrons. The summed E-state index contributed by atoms with van der Waals surface area (Å²) in [5, 5.41) is 0.360. The number of fused-ring (bicyclic) bond motifs is 1. The molecule has 0 saturated heterocycles. The second kappa shape index (κ2) is 7.64. The number of carbonyl (C=O) groups excluding carboxylic acids is 1. The normalized spacial score (nSPS) is 10.9. The molecule has 0 saturated carbocycles. The van der Waals surface area contributed by atoms with Crippen molar-refractivity contribution in [3.8, 4) is 16.9 Å². The van der Waals surface area contributed by atoms with Crippen molar-refractivity contribution in [2.75, 3.05) is 0 Å². The Kier molecular flexibility index (Phi) is 5.03. The molecule has 0 radical (unpaired) electrons. The maximum atomic E-state index is 13.8. The lowest BCUT2D eigenvalue weighted by Crippen LogP contribution is -2.11. The SMILES string of the molecule is Cc1oc2cc(OC(=O)c3ccccc3F)ccc2c(=O)c1-c1ccc(Br)cc1. The first kappa shape index (κ1) is 19.1. The van der Waals surface area contributed by atoms with Crippen molar-refractivity contribution in [2.24, 2.45) is 0 Å². The van der Waals surface area contributed by atoms with Crippen LogP contribution in [-0.4, -0.2) is 5.97 Å². The molecule has 0 N–H and O–H groups in total. The van der Waals surface area contributed by atoms with E-state index in [2.05, 4.69) is 15.9 Å². The summed E-state index contributed by atoms with van der Waals surface area (Å²) in [4.78, 5) is 25.2. The number of aryl methyl sites for hydroxylation is 1. The average molecular weight is 453 g/mol. The molecule has 0 bridgehead atoms. The second-order valence-corrected chi connectivity index (χ2v) is 7.31. The zero-order valence-electron chi connectivity index (χ0n) is 15.2. The Morgan fingerprint density at radius 1 is 1.03 bits per heavy atom. The first-order chi connectivity index (χ1) is 13.9. The van der Waals surface area contributed by atoms with Gasteiger partial charge in [-0.3, -0.25) is 4.79 Å². The van der Waals surface area contributed by atoms with Crippen molar-refractivity contribution in [1.82, 2.24) is 0 Å². The lowest BCUT2D eigenvalue weighted by atomic mass is 10.0. The Bertz CT molecular complexity index is 1290. The van der Waals surface area contributed by atoms with Gasteiger partial charge in [0, 0.05) is 10.5 Å². The number of hydrogen-bond donors (Lipinski definition) is 0. The molecule has 29 heavy (non-hydrogen) atoms. The van der Waals surface area contributed by atoms with E-state index in [9.17, 15) is 14.0 Å². The third-order valence-electron chi connectivity index (χ3n) is 4.48. The predicted molar refractivity (Wildman–Crippen MR) is 112 cm³/mol. The van der Waals surface area contributed by atoms with Crippen LogP contribution in [0.1, 0.15) is 16.1 Å². The number of benzene rings is 3. The molecule has 0 amide bonds. The lowest BCUT2D eigenvalue weighted by molar-refractivity contribution is 0.0730. The molecule has 0 spiro atoms. The van der Waals surface area contributed by atoms with Gasteiger partial charge in [-0.15, -0.1) is 0 Å². The number of halogens is 2. The standard InChI is InChI=1S/C23H14BrFO4/c1-13-21(14-6-8-15(24)9-7-14)22(26)18-11-10-16(12-20(18)28-13)29-23(27)17-4-2-3-5-19(17)25/h2-12H,1H3. The first-order valence-corrected chi connectivity index (χ1v) is 9.53. The van der Waals surface area contributed by atoms with Gasteiger partial charge in [-0.05, 0) is 48.9 Å². The van der Waals surface area contributed by atoms with Crippen LogP contribution < -0.4 is 10.2 Å². The topological polar surface area (TPSA) is 56.5 Å². The van der Waals surface area contributed by atoms with E-state index in [1.54, 1.807) is 13.0 Å². The Hall–Kier alpha value is -3.25. The molecular weight excluding hydrogens is 439 g/mol. The number of ether oxygens (including phenoxy) is 1. The summed E-state index contributed by atoms with van der Waals surface area (Å²) in [7, 11) is 0. The zero-order valence-corrected chi connectivity index (χ0v) is 16.8. The molecule has 6 heteroatoms. The molecule has 0 fully saturated rings. The fourth-order valence-corrected chi connectivity index (χ4v) is 3.35. The number of hydrogen-bond acceptors (Lipinski definition) is 4. The van der Waals surface area contributed by atoms with Gasteiger partial charge in [0.1, 0.15) is 22.9 Å². The molecule has 4 aromatic rings. The van der Waals surface area contributed by atoms with Crippen LogP contribution in [0, 0.1) is 12.7 Å². The summed E-state index contributed by atoms with van der Waals surface area (Å²) < 4.78 is 25.8. The van der Waals surface area contributed by atoms with E-state index in [4.69, 9.17) is 9.15 Å². The fourth-order valence-electron chi connectivity index (χ4n) is 3.09. The fraction of sp³-hybridized carbons (Fsp3) is 0.0435. The maximum Gasteiger partial charge on any atom is 0.346 e. The monoisotopic (exact) mass is 452 g/mol. The Labute approximate surface area is 173 Å². The van der Waals surface area contributed by atoms with E-state index in [1.165, 1.54) is 36.4 Å². The van der Waals surface area contributed by atoms with Gasteiger partial charge in [0.2, 0.25) is 5.43 Å². The van der Waals surface area contributed by atoms with Gasteiger partial charge in [0.05, 0.1) is 16.5 Å². The maximum absolute atomic E-state index is 13.8. The van der Waals surface area contributed by atoms with Crippen LogP contribution in [0.4, 0.5) is 4.39 Å². The molecule has 0 aliphatic heterocycles. The van der Waals surface area contributed by atoms with Crippen molar-refractivity contribution < 1.29 is 18.3 Å². The number of esters is 1. The van der Waals surface area contributed by atoms with Crippen LogP contribution in [0.3, 0.4) is 0 Å². The molecule has 1 heterocycles.